The minimum absolute atomic E-state index is 0.313. The SMILES string of the molecule is CI.CN1Cc2c(Cl)cc(Cl)cc2C(c2ccc(Br)cc2)C1. The molecule has 2 aromatic carbocycles. The van der Waals surface area contributed by atoms with Crippen LogP contribution in [0.4, 0.5) is 0 Å². The summed E-state index contributed by atoms with van der Waals surface area (Å²) in [5.74, 6) is 0.313. The molecule has 0 aromatic heterocycles. The van der Waals surface area contributed by atoms with Crippen molar-refractivity contribution < 1.29 is 0 Å². The maximum Gasteiger partial charge on any atom is 0.0468 e. The highest BCUT2D eigenvalue weighted by molar-refractivity contribution is 14.1. The summed E-state index contributed by atoms with van der Waals surface area (Å²) in [7, 11) is 2.12. The van der Waals surface area contributed by atoms with Gasteiger partial charge in [0.15, 0.2) is 0 Å². The number of likely N-dealkylation sites (N-methyl/N-ethyl adjacent to an activating group) is 1. The number of nitrogens with zero attached hydrogens (tertiary/aromatic N) is 1. The third-order valence-electron chi connectivity index (χ3n) is 3.76. The van der Waals surface area contributed by atoms with Crippen LogP contribution in [-0.2, 0) is 6.54 Å². The molecule has 1 nitrogen and oxygen atoms in total. The van der Waals surface area contributed by atoms with Crippen molar-refractivity contribution in [2.75, 3.05) is 18.5 Å². The van der Waals surface area contributed by atoms with Gasteiger partial charge in [0.25, 0.3) is 0 Å². The van der Waals surface area contributed by atoms with E-state index >= 15 is 0 Å². The van der Waals surface area contributed by atoms with E-state index in [-0.39, 0.29) is 0 Å². The van der Waals surface area contributed by atoms with E-state index in [1.807, 2.05) is 11.0 Å². The molecular weight excluding hydrogens is 496 g/mol. The van der Waals surface area contributed by atoms with E-state index in [9.17, 15) is 0 Å². The highest BCUT2D eigenvalue weighted by atomic mass is 127. The maximum absolute atomic E-state index is 6.37. The first-order valence-electron chi connectivity index (χ1n) is 6.84. The molecule has 1 aliphatic rings. The molecule has 0 aliphatic carbocycles. The van der Waals surface area contributed by atoms with E-state index < -0.39 is 0 Å². The Kier molecular flexibility index (Phi) is 7.02. The second kappa shape index (κ2) is 8.34. The monoisotopic (exact) mass is 511 g/mol. The summed E-state index contributed by atoms with van der Waals surface area (Å²) in [4.78, 5) is 4.27. The lowest BCUT2D eigenvalue weighted by Gasteiger charge is -2.33. The Morgan fingerprint density at radius 1 is 1.14 bits per heavy atom. The van der Waals surface area contributed by atoms with Crippen LogP contribution in [0, 0.1) is 0 Å². The molecule has 0 amide bonds. The zero-order valence-electron chi connectivity index (χ0n) is 12.4. The topological polar surface area (TPSA) is 3.24 Å². The Hall–Kier alpha value is 0.190. The summed E-state index contributed by atoms with van der Waals surface area (Å²) in [6.45, 7) is 1.85. The van der Waals surface area contributed by atoms with Crippen molar-refractivity contribution in [3.8, 4) is 0 Å². The van der Waals surface area contributed by atoms with Gasteiger partial charge in [0, 0.05) is 33.5 Å². The maximum atomic E-state index is 6.37. The Labute approximate surface area is 164 Å². The average molecular weight is 513 g/mol. The van der Waals surface area contributed by atoms with Crippen molar-refractivity contribution in [3.63, 3.8) is 0 Å². The molecule has 0 N–H and O–H groups in total. The van der Waals surface area contributed by atoms with Gasteiger partial charge in [0.1, 0.15) is 0 Å². The molecule has 0 bridgehead atoms. The minimum atomic E-state index is 0.313. The van der Waals surface area contributed by atoms with Crippen LogP contribution in [0.25, 0.3) is 0 Å². The van der Waals surface area contributed by atoms with Crippen molar-refractivity contribution in [1.82, 2.24) is 4.90 Å². The van der Waals surface area contributed by atoms with Gasteiger partial charge >= 0.3 is 0 Å². The molecule has 1 heterocycles. The fourth-order valence-electron chi connectivity index (χ4n) is 2.83. The molecule has 0 spiro atoms. The van der Waals surface area contributed by atoms with E-state index in [1.165, 1.54) is 16.7 Å². The first-order valence-corrected chi connectivity index (χ1v) is 10.5. The minimum Gasteiger partial charge on any atom is -0.301 e. The van der Waals surface area contributed by atoms with Gasteiger partial charge in [0.05, 0.1) is 0 Å². The van der Waals surface area contributed by atoms with Gasteiger partial charge in [-0.1, -0.05) is 73.9 Å². The summed E-state index contributed by atoms with van der Waals surface area (Å²) in [6.07, 6.45) is 0. The number of rotatable bonds is 1. The highest BCUT2D eigenvalue weighted by Gasteiger charge is 2.26. The van der Waals surface area contributed by atoms with E-state index in [0.717, 1.165) is 22.6 Å². The van der Waals surface area contributed by atoms with Crippen LogP contribution in [0.5, 0.6) is 0 Å². The summed E-state index contributed by atoms with van der Waals surface area (Å²) in [5.41, 5.74) is 3.74. The van der Waals surface area contributed by atoms with Crippen LogP contribution in [0.15, 0.2) is 40.9 Å². The Morgan fingerprint density at radius 2 is 1.77 bits per heavy atom. The standard InChI is InChI=1S/C16H14BrCl2N.CH3I/c1-20-8-14(10-2-4-11(17)5-3-10)13-6-12(18)7-16(19)15(13)9-20;1-2/h2-7,14H,8-9H2,1H3;1H3. The van der Waals surface area contributed by atoms with Crippen molar-refractivity contribution >= 4 is 61.7 Å². The normalized spacial score (nSPS) is 17.5. The lowest BCUT2D eigenvalue weighted by molar-refractivity contribution is 0.295. The molecular formula is C17H17BrCl2IN. The van der Waals surface area contributed by atoms with E-state index in [1.54, 1.807) is 0 Å². The van der Waals surface area contributed by atoms with E-state index in [0.29, 0.717) is 10.9 Å². The van der Waals surface area contributed by atoms with Gasteiger partial charge < -0.3 is 4.90 Å². The zero-order chi connectivity index (χ0) is 16.3. The molecule has 0 saturated heterocycles. The zero-order valence-corrected chi connectivity index (χ0v) is 17.7. The van der Waals surface area contributed by atoms with Crippen LogP contribution < -0.4 is 0 Å². The van der Waals surface area contributed by atoms with Gasteiger partial charge in [-0.3, -0.25) is 0 Å². The molecule has 1 unspecified atom stereocenters. The average Bonchev–Trinajstić information content (AvgIpc) is 2.50. The Balaban J connectivity index is 0.000000847. The van der Waals surface area contributed by atoms with E-state index in [4.69, 9.17) is 23.2 Å². The van der Waals surface area contributed by atoms with Crippen molar-refractivity contribution in [3.05, 3.63) is 67.6 Å². The summed E-state index contributed by atoms with van der Waals surface area (Å²) >= 11 is 18.2. The second-order valence-electron chi connectivity index (χ2n) is 5.26. The molecule has 118 valence electrons. The predicted octanol–water partition coefficient (Wildman–Crippen LogP) is 6.38. The van der Waals surface area contributed by atoms with Crippen LogP contribution >= 0.6 is 61.7 Å². The number of benzene rings is 2. The molecule has 2 aromatic rings. The second-order valence-corrected chi connectivity index (χ2v) is 7.02. The quantitative estimate of drug-likeness (QED) is 0.316. The van der Waals surface area contributed by atoms with Gasteiger partial charge in [-0.25, -0.2) is 0 Å². The smallest absolute Gasteiger partial charge is 0.0468 e. The highest BCUT2D eigenvalue weighted by Crippen LogP contribution is 2.38. The largest absolute Gasteiger partial charge is 0.301 e. The number of alkyl halides is 1. The number of hydrogen-bond acceptors (Lipinski definition) is 1. The van der Waals surface area contributed by atoms with Crippen molar-refractivity contribution in [2.45, 2.75) is 12.5 Å². The first kappa shape index (κ1) is 18.5. The first-order chi connectivity index (χ1) is 10.5. The summed E-state index contributed by atoms with van der Waals surface area (Å²) in [6, 6.07) is 12.4. The third-order valence-corrected chi connectivity index (χ3v) is 4.85. The number of hydrogen-bond donors (Lipinski definition) is 0. The van der Waals surface area contributed by atoms with Gasteiger partial charge in [-0.2, -0.15) is 0 Å². The molecule has 22 heavy (non-hydrogen) atoms. The lowest BCUT2D eigenvalue weighted by atomic mass is 9.85. The van der Waals surface area contributed by atoms with Crippen LogP contribution in [0.2, 0.25) is 10.0 Å². The Bertz CT molecular complexity index is 646. The van der Waals surface area contributed by atoms with Crippen LogP contribution in [0.1, 0.15) is 22.6 Å². The lowest BCUT2D eigenvalue weighted by Crippen LogP contribution is -2.31. The van der Waals surface area contributed by atoms with E-state index in [2.05, 4.69) is 80.8 Å². The van der Waals surface area contributed by atoms with Crippen LogP contribution in [-0.4, -0.2) is 23.4 Å². The fourth-order valence-corrected chi connectivity index (χ4v) is 3.66. The van der Waals surface area contributed by atoms with Gasteiger partial charge in [0.2, 0.25) is 0 Å². The molecule has 3 rings (SSSR count). The number of halogens is 4. The third kappa shape index (κ3) is 4.18. The van der Waals surface area contributed by atoms with Crippen LogP contribution in [0.3, 0.4) is 0 Å². The Morgan fingerprint density at radius 3 is 2.41 bits per heavy atom. The van der Waals surface area contributed by atoms with Gasteiger partial charge in [-0.05, 0) is 52.9 Å². The van der Waals surface area contributed by atoms with Gasteiger partial charge in [-0.15, -0.1) is 0 Å². The van der Waals surface area contributed by atoms with Crippen molar-refractivity contribution in [1.29, 1.82) is 0 Å². The summed E-state index contributed by atoms with van der Waals surface area (Å²) < 4.78 is 1.09. The molecule has 0 radical (unpaired) electrons. The van der Waals surface area contributed by atoms with Crippen molar-refractivity contribution in [2.24, 2.45) is 0 Å². The molecule has 1 atom stereocenters. The summed E-state index contributed by atoms with van der Waals surface area (Å²) in [5, 5.41) is 1.47. The molecule has 1 aliphatic heterocycles. The predicted molar refractivity (Wildman–Crippen MR) is 109 cm³/mol. The fraction of sp³-hybridized carbons (Fsp3) is 0.294. The molecule has 5 heteroatoms. The number of fused-ring (bicyclic) bond motifs is 1. The molecule has 0 fully saturated rings. The molecule has 0 saturated carbocycles.